The summed E-state index contributed by atoms with van der Waals surface area (Å²) in [6.45, 7) is 5.92. The zero-order valence-corrected chi connectivity index (χ0v) is 7.23. The van der Waals surface area contributed by atoms with E-state index in [0.29, 0.717) is 5.71 Å². The van der Waals surface area contributed by atoms with E-state index in [1.807, 2.05) is 19.1 Å². The van der Waals surface area contributed by atoms with Gasteiger partial charge in [0, 0.05) is 5.71 Å². The minimum absolute atomic E-state index is 0.636. The molecule has 0 aromatic heterocycles. The summed E-state index contributed by atoms with van der Waals surface area (Å²) >= 11 is 0. The van der Waals surface area contributed by atoms with E-state index in [-0.39, 0.29) is 0 Å². The highest BCUT2D eigenvalue weighted by Crippen LogP contribution is 2.08. The van der Waals surface area contributed by atoms with Gasteiger partial charge >= 0.3 is 0 Å². The zero-order chi connectivity index (χ0) is 8.43. The van der Waals surface area contributed by atoms with E-state index in [9.17, 15) is 0 Å². The summed E-state index contributed by atoms with van der Waals surface area (Å²) in [5.74, 6) is 0. The number of aryl methyl sites for hydroxylation is 2. The second-order valence-electron chi connectivity index (χ2n) is 3.00. The summed E-state index contributed by atoms with van der Waals surface area (Å²) in [6, 6.07) is 6.19. The molecule has 0 aliphatic rings. The van der Waals surface area contributed by atoms with Crippen LogP contribution < -0.4 is 0 Å². The molecule has 1 N–H and O–H groups in total. The summed E-state index contributed by atoms with van der Waals surface area (Å²) in [5.41, 5.74) is 4.12. The van der Waals surface area contributed by atoms with E-state index in [2.05, 4.69) is 19.9 Å². The smallest absolute Gasteiger partial charge is 0.0355 e. The molecule has 1 nitrogen and oxygen atoms in total. The molecule has 58 valence electrons. The van der Waals surface area contributed by atoms with Crippen LogP contribution >= 0.6 is 0 Å². The fraction of sp³-hybridized carbons (Fsp3) is 0.300. The largest absolute Gasteiger partial charge is 0.305 e. The fourth-order valence-corrected chi connectivity index (χ4v) is 1.19. The van der Waals surface area contributed by atoms with Gasteiger partial charge in [0.05, 0.1) is 0 Å². The van der Waals surface area contributed by atoms with Crippen LogP contribution in [0.3, 0.4) is 0 Å². The van der Waals surface area contributed by atoms with Crippen molar-refractivity contribution in [1.82, 2.24) is 0 Å². The van der Waals surface area contributed by atoms with Gasteiger partial charge in [-0.3, -0.25) is 0 Å². The van der Waals surface area contributed by atoms with Gasteiger partial charge in [-0.15, -0.1) is 0 Å². The van der Waals surface area contributed by atoms with Gasteiger partial charge < -0.3 is 5.41 Å². The van der Waals surface area contributed by atoms with Crippen molar-refractivity contribution in [3.8, 4) is 0 Å². The van der Waals surface area contributed by atoms with Crippen LogP contribution in [0.15, 0.2) is 18.2 Å². The quantitative estimate of drug-likeness (QED) is 0.590. The Morgan fingerprint density at radius 1 is 1.09 bits per heavy atom. The minimum atomic E-state index is 0.636. The van der Waals surface area contributed by atoms with Crippen LogP contribution in [-0.2, 0) is 0 Å². The zero-order valence-electron chi connectivity index (χ0n) is 7.23. The predicted molar refractivity (Wildman–Crippen MR) is 48.4 cm³/mol. The van der Waals surface area contributed by atoms with Gasteiger partial charge in [0.2, 0.25) is 0 Å². The van der Waals surface area contributed by atoms with Crippen LogP contribution in [-0.4, -0.2) is 5.71 Å². The lowest BCUT2D eigenvalue weighted by molar-refractivity contribution is 1.35. The van der Waals surface area contributed by atoms with Crippen molar-refractivity contribution in [2.45, 2.75) is 20.8 Å². The molecular weight excluding hydrogens is 134 g/mol. The van der Waals surface area contributed by atoms with E-state index < -0.39 is 0 Å². The Kier molecular flexibility index (Phi) is 2.08. The summed E-state index contributed by atoms with van der Waals surface area (Å²) in [5, 5.41) is 7.43. The monoisotopic (exact) mass is 147 g/mol. The average molecular weight is 147 g/mol. The molecule has 0 spiro atoms. The molecule has 1 heteroatoms. The molecule has 0 aliphatic heterocycles. The highest BCUT2D eigenvalue weighted by molar-refractivity contribution is 5.96. The first kappa shape index (κ1) is 7.99. The van der Waals surface area contributed by atoms with Crippen molar-refractivity contribution in [1.29, 1.82) is 5.41 Å². The van der Waals surface area contributed by atoms with Crippen molar-refractivity contribution in [2.24, 2.45) is 0 Å². The maximum atomic E-state index is 7.43. The molecular formula is C10H13N. The van der Waals surface area contributed by atoms with Crippen LogP contribution in [0.1, 0.15) is 23.6 Å². The lowest BCUT2D eigenvalue weighted by Gasteiger charge is -2.01. The first-order valence-corrected chi connectivity index (χ1v) is 3.73. The Morgan fingerprint density at radius 2 is 1.55 bits per heavy atom. The van der Waals surface area contributed by atoms with E-state index >= 15 is 0 Å². The Balaban J connectivity index is 3.19. The first-order valence-electron chi connectivity index (χ1n) is 3.73. The molecule has 0 saturated carbocycles. The van der Waals surface area contributed by atoms with Gasteiger partial charge in [0.1, 0.15) is 0 Å². The molecule has 0 aliphatic carbocycles. The third-order valence-corrected chi connectivity index (χ3v) is 1.65. The highest BCUT2D eigenvalue weighted by atomic mass is 14.4. The SMILES string of the molecule is CC(=N)c1cc(C)cc(C)c1. The third-order valence-electron chi connectivity index (χ3n) is 1.65. The maximum Gasteiger partial charge on any atom is 0.0355 e. The minimum Gasteiger partial charge on any atom is -0.305 e. The van der Waals surface area contributed by atoms with Crippen molar-refractivity contribution in [3.63, 3.8) is 0 Å². The second-order valence-corrected chi connectivity index (χ2v) is 3.00. The summed E-state index contributed by atoms with van der Waals surface area (Å²) in [6.07, 6.45) is 0. The number of hydrogen-bond donors (Lipinski definition) is 1. The number of nitrogens with one attached hydrogen (secondary N) is 1. The molecule has 0 heterocycles. The van der Waals surface area contributed by atoms with Crippen molar-refractivity contribution >= 4 is 5.71 Å². The van der Waals surface area contributed by atoms with Gasteiger partial charge in [-0.2, -0.15) is 0 Å². The van der Waals surface area contributed by atoms with Crippen LogP contribution in [0, 0.1) is 19.3 Å². The molecule has 11 heavy (non-hydrogen) atoms. The average Bonchev–Trinajstić information content (AvgIpc) is 1.85. The van der Waals surface area contributed by atoms with Gasteiger partial charge in [0.25, 0.3) is 0 Å². The standard InChI is InChI=1S/C10H13N/c1-7-4-8(2)6-10(5-7)9(3)11/h4-6,11H,1-3H3. The topological polar surface area (TPSA) is 23.9 Å². The summed E-state index contributed by atoms with van der Waals surface area (Å²) in [7, 11) is 0. The fourth-order valence-electron chi connectivity index (χ4n) is 1.19. The number of hydrogen-bond acceptors (Lipinski definition) is 1. The molecule has 0 fully saturated rings. The van der Waals surface area contributed by atoms with Crippen molar-refractivity contribution in [3.05, 3.63) is 34.9 Å². The first-order chi connectivity index (χ1) is 5.09. The Bertz CT molecular complexity index is 267. The van der Waals surface area contributed by atoms with Crippen LogP contribution in [0.4, 0.5) is 0 Å². The van der Waals surface area contributed by atoms with Gasteiger partial charge in [-0.05, 0) is 26.3 Å². The molecule has 1 aromatic carbocycles. The van der Waals surface area contributed by atoms with E-state index in [1.165, 1.54) is 11.1 Å². The summed E-state index contributed by atoms with van der Waals surface area (Å²) in [4.78, 5) is 0. The third kappa shape index (κ3) is 1.90. The molecule has 0 saturated heterocycles. The molecule has 0 radical (unpaired) electrons. The van der Waals surface area contributed by atoms with Gasteiger partial charge in [0.15, 0.2) is 0 Å². The number of benzene rings is 1. The van der Waals surface area contributed by atoms with Crippen LogP contribution in [0.5, 0.6) is 0 Å². The predicted octanol–water partition coefficient (Wildman–Crippen LogP) is 2.69. The lowest BCUT2D eigenvalue weighted by Crippen LogP contribution is -1.93. The van der Waals surface area contributed by atoms with Crippen molar-refractivity contribution in [2.75, 3.05) is 0 Å². The molecule has 0 amide bonds. The van der Waals surface area contributed by atoms with Gasteiger partial charge in [-0.25, -0.2) is 0 Å². The number of rotatable bonds is 1. The Morgan fingerprint density at radius 3 is 1.91 bits per heavy atom. The Hall–Kier alpha value is -1.11. The van der Waals surface area contributed by atoms with Crippen LogP contribution in [0.25, 0.3) is 0 Å². The van der Waals surface area contributed by atoms with E-state index in [1.54, 1.807) is 0 Å². The second kappa shape index (κ2) is 2.87. The normalized spacial score (nSPS) is 9.73. The van der Waals surface area contributed by atoms with Crippen molar-refractivity contribution < 1.29 is 0 Å². The molecule has 0 unspecified atom stereocenters. The maximum absolute atomic E-state index is 7.43. The molecule has 0 atom stereocenters. The molecule has 1 aromatic rings. The van der Waals surface area contributed by atoms with E-state index in [4.69, 9.17) is 5.41 Å². The Labute approximate surface area is 67.6 Å². The van der Waals surface area contributed by atoms with Gasteiger partial charge in [-0.1, -0.05) is 29.3 Å². The highest BCUT2D eigenvalue weighted by Gasteiger charge is 1.96. The lowest BCUT2D eigenvalue weighted by atomic mass is 10.0. The molecule has 1 rings (SSSR count). The van der Waals surface area contributed by atoms with Crippen LogP contribution in [0.2, 0.25) is 0 Å². The summed E-state index contributed by atoms with van der Waals surface area (Å²) < 4.78 is 0. The van der Waals surface area contributed by atoms with E-state index in [0.717, 1.165) is 5.56 Å². The molecule has 0 bridgehead atoms.